The Hall–Kier alpha value is 0.240. The van der Waals surface area contributed by atoms with Gasteiger partial charge in [-0.2, -0.15) is 0 Å². The summed E-state index contributed by atoms with van der Waals surface area (Å²) in [6.45, 7) is 5.00. The summed E-state index contributed by atoms with van der Waals surface area (Å²) >= 11 is 15.4. The van der Waals surface area contributed by atoms with Crippen LogP contribution in [0, 0.1) is 0 Å². The van der Waals surface area contributed by atoms with Crippen molar-refractivity contribution in [3.8, 4) is 0 Å². The van der Waals surface area contributed by atoms with Gasteiger partial charge in [0, 0.05) is 28.5 Å². The highest BCUT2D eigenvalue weighted by Gasteiger charge is 2.07. The van der Waals surface area contributed by atoms with E-state index in [0.29, 0.717) is 5.88 Å². The standard InChI is InChI=1S/C12H16BrCl2N/c1-2-6-16(7-5-14)9-10-3-4-11(13)8-12(10)15/h3-4,8H,2,5-7,9H2,1H3. The van der Waals surface area contributed by atoms with Gasteiger partial charge in [0.2, 0.25) is 0 Å². The third-order valence-corrected chi connectivity index (χ3v) is 3.36. The zero-order valence-corrected chi connectivity index (χ0v) is 12.4. The molecule has 1 rings (SSSR count). The lowest BCUT2D eigenvalue weighted by Crippen LogP contribution is -2.26. The SMILES string of the molecule is CCCN(CCCl)Cc1ccc(Br)cc1Cl. The molecule has 0 saturated carbocycles. The highest BCUT2D eigenvalue weighted by atomic mass is 79.9. The van der Waals surface area contributed by atoms with Crippen molar-refractivity contribution in [1.82, 2.24) is 4.90 Å². The van der Waals surface area contributed by atoms with E-state index in [1.54, 1.807) is 0 Å². The van der Waals surface area contributed by atoms with Crippen molar-refractivity contribution in [2.45, 2.75) is 19.9 Å². The summed E-state index contributed by atoms with van der Waals surface area (Å²) in [6.07, 6.45) is 1.13. The second-order valence-electron chi connectivity index (χ2n) is 3.70. The third kappa shape index (κ3) is 4.62. The van der Waals surface area contributed by atoms with E-state index in [1.165, 1.54) is 0 Å². The monoisotopic (exact) mass is 323 g/mol. The first-order valence-corrected chi connectivity index (χ1v) is 7.10. The van der Waals surface area contributed by atoms with Crippen LogP contribution in [0.2, 0.25) is 5.02 Å². The maximum atomic E-state index is 6.18. The number of hydrogen-bond acceptors (Lipinski definition) is 1. The van der Waals surface area contributed by atoms with E-state index in [2.05, 4.69) is 33.8 Å². The Kier molecular flexibility index (Phi) is 6.74. The van der Waals surface area contributed by atoms with Gasteiger partial charge in [-0.25, -0.2) is 0 Å². The van der Waals surface area contributed by atoms with Crippen LogP contribution in [0.4, 0.5) is 0 Å². The van der Waals surface area contributed by atoms with Crippen molar-refractivity contribution in [3.63, 3.8) is 0 Å². The number of halogens is 3. The molecule has 0 spiro atoms. The van der Waals surface area contributed by atoms with Gasteiger partial charge >= 0.3 is 0 Å². The number of alkyl halides is 1. The van der Waals surface area contributed by atoms with Crippen LogP contribution in [0.3, 0.4) is 0 Å². The van der Waals surface area contributed by atoms with Crippen LogP contribution in [0.15, 0.2) is 22.7 Å². The topological polar surface area (TPSA) is 3.24 Å². The Morgan fingerprint density at radius 3 is 2.62 bits per heavy atom. The van der Waals surface area contributed by atoms with Crippen LogP contribution < -0.4 is 0 Å². The molecule has 0 atom stereocenters. The summed E-state index contributed by atoms with van der Waals surface area (Å²) in [5.41, 5.74) is 1.16. The molecule has 0 bridgehead atoms. The minimum absolute atomic E-state index is 0.661. The average molecular weight is 325 g/mol. The van der Waals surface area contributed by atoms with Crippen molar-refractivity contribution in [3.05, 3.63) is 33.3 Å². The fraction of sp³-hybridized carbons (Fsp3) is 0.500. The van der Waals surface area contributed by atoms with Crippen LogP contribution in [-0.4, -0.2) is 23.9 Å². The van der Waals surface area contributed by atoms with Crippen LogP contribution in [-0.2, 0) is 6.54 Å². The molecule has 0 unspecified atom stereocenters. The molecule has 0 fully saturated rings. The van der Waals surface area contributed by atoms with Gasteiger partial charge in [-0.3, -0.25) is 4.90 Å². The molecule has 1 aromatic carbocycles. The molecule has 1 nitrogen and oxygen atoms in total. The predicted octanol–water partition coefficient (Wildman–Crippen LogP) is 4.55. The smallest absolute Gasteiger partial charge is 0.0462 e. The zero-order valence-electron chi connectivity index (χ0n) is 9.35. The molecule has 4 heteroatoms. The Morgan fingerprint density at radius 2 is 2.06 bits per heavy atom. The van der Waals surface area contributed by atoms with Gasteiger partial charge < -0.3 is 0 Å². The van der Waals surface area contributed by atoms with Gasteiger partial charge in [0.1, 0.15) is 0 Å². The van der Waals surface area contributed by atoms with Gasteiger partial charge in [-0.05, 0) is 30.7 Å². The normalized spacial score (nSPS) is 11.1. The Morgan fingerprint density at radius 1 is 1.31 bits per heavy atom. The molecule has 90 valence electrons. The second kappa shape index (κ2) is 7.54. The fourth-order valence-corrected chi connectivity index (χ4v) is 2.57. The van der Waals surface area contributed by atoms with Gasteiger partial charge in [0.15, 0.2) is 0 Å². The van der Waals surface area contributed by atoms with Crippen molar-refractivity contribution < 1.29 is 0 Å². The average Bonchev–Trinajstić information content (AvgIpc) is 2.23. The zero-order chi connectivity index (χ0) is 12.0. The molecule has 0 aromatic heterocycles. The van der Waals surface area contributed by atoms with E-state index in [-0.39, 0.29) is 0 Å². The molecular formula is C12H16BrCl2N. The highest BCUT2D eigenvalue weighted by Crippen LogP contribution is 2.22. The summed E-state index contributed by atoms with van der Waals surface area (Å²) < 4.78 is 1.01. The molecular weight excluding hydrogens is 309 g/mol. The van der Waals surface area contributed by atoms with E-state index in [4.69, 9.17) is 23.2 Å². The number of benzene rings is 1. The fourth-order valence-electron chi connectivity index (χ4n) is 1.60. The van der Waals surface area contributed by atoms with Crippen molar-refractivity contribution in [2.24, 2.45) is 0 Å². The summed E-state index contributed by atoms with van der Waals surface area (Å²) in [4.78, 5) is 2.32. The Labute approximate surface area is 116 Å². The summed E-state index contributed by atoms with van der Waals surface area (Å²) in [7, 11) is 0. The number of rotatable bonds is 6. The molecule has 0 N–H and O–H groups in total. The minimum Gasteiger partial charge on any atom is -0.298 e. The predicted molar refractivity (Wildman–Crippen MR) is 75.4 cm³/mol. The minimum atomic E-state index is 0.661. The van der Waals surface area contributed by atoms with E-state index in [9.17, 15) is 0 Å². The highest BCUT2D eigenvalue weighted by molar-refractivity contribution is 9.10. The maximum absolute atomic E-state index is 6.18. The van der Waals surface area contributed by atoms with Crippen LogP contribution >= 0.6 is 39.1 Å². The van der Waals surface area contributed by atoms with Crippen molar-refractivity contribution in [2.75, 3.05) is 19.0 Å². The van der Waals surface area contributed by atoms with Gasteiger partial charge in [0.25, 0.3) is 0 Å². The van der Waals surface area contributed by atoms with Crippen LogP contribution in [0.5, 0.6) is 0 Å². The van der Waals surface area contributed by atoms with Crippen molar-refractivity contribution in [1.29, 1.82) is 0 Å². The second-order valence-corrected chi connectivity index (χ2v) is 5.40. The molecule has 0 aliphatic heterocycles. The van der Waals surface area contributed by atoms with E-state index >= 15 is 0 Å². The summed E-state index contributed by atoms with van der Waals surface area (Å²) in [5, 5.41) is 0.810. The first-order valence-electron chi connectivity index (χ1n) is 5.39. The lowest BCUT2D eigenvalue weighted by atomic mass is 10.2. The molecule has 0 radical (unpaired) electrons. The first-order chi connectivity index (χ1) is 7.67. The molecule has 1 aromatic rings. The largest absolute Gasteiger partial charge is 0.298 e. The molecule has 0 amide bonds. The van der Waals surface area contributed by atoms with E-state index in [1.807, 2.05) is 12.1 Å². The number of nitrogens with zero attached hydrogens (tertiary/aromatic N) is 1. The lowest BCUT2D eigenvalue weighted by Gasteiger charge is -2.21. The van der Waals surface area contributed by atoms with Crippen LogP contribution in [0.1, 0.15) is 18.9 Å². The molecule has 0 aliphatic carbocycles. The maximum Gasteiger partial charge on any atom is 0.0462 e. The Bertz CT molecular complexity index is 325. The molecule has 16 heavy (non-hydrogen) atoms. The quantitative estimate of drug-likeness (QED) is 0.694. The van der Waals surface area contributed by atoms with Gasteiger partial charge in [-0.1, -0.05) is 40.5 Å². The first kappa shape index (κ1) is 14.3. The Balaban J connectivity index is 2.68. The van der Waals surface area contributed by atoms with Gasteiger partial charge in [-0.15, -0.1) is 11.6 Å². The lowest BCUT2D eigenvalue weighted by molar-refractivity contribution is 0.282. The summed E-state index contributed by atoms with van der Waals surface area (Å²) in [5.74, 6) is 0.661. The summed E-state index contributed by atoms with van der Waals surface area (Å²) in [6, 6.07) is 6.01. The molecule has 0 aliphatic rings. The third-order valence-electron chi connectivity index (χ3n) is 2.35. The molecule has 0 saturated heterocycles. The number of hydrogen-bond donors (Lipinski definition) is 0. The molecule has 0 heterocycles. The van der Waals surface area contributed by atoms with Crippen molar-refractivity contribution >= 4 is 39.1 Å². The van der Waals surface area contributed by atoms with Crippen LogP contribution in [0.25, 0.3) is 0 Å². The van der Waals surface area contributed by atoms with E-state index in [0.717, 1.165) is 41.1 Å². The van der Waals surface area contributed by atoms with Gasteiger partial charge in [0.05, 0.1) is 0 Å². The van der Waals surface area contributed by atoms with E-state index < -0.39 is 0 Å².